The molecule has 0 bridgehead atoms. The van der Waals surface area contributed by atoms with Crippen LogP contribution in [-0.4, -0.2) is 17.4 Å². The molecule has 1 aromatic carbocycles. The maximum absolute atomic E-state index is 11.8. The van der Waals surface area contributed by atoms with Gasteiger partial charge in [-0.05, 0) is 17.7 Å². The molecule has 0 atom stereocenters. The molecule has 0 aromatic heterocycles. The third-order valence-electron chi connectivity index (χ3n) is 2.44. The SMILES string of the molecule is O=C(Cc1ccccc1)N=C1C=C(Cl)C(=O)C(Cl)=C1. The molecule has 0 fully saturated rings. The highest BCUT2D eigenvalue weighted by molar-refractivity contribution is 6.57. The van der Waals surface area contributed by atoms with E-state index in [1.807, 2.05) is 30.3 Å². The number of allylic oxidation sites excluding steroid dienone is 4. The second-order valence-electron chi connectivity index (χ2n) is 3.91. The lowest BCUT2D eigenvalue weighted by Crippen LogP contribution is -2.10. The molecule has 2 rings (SSSR count). The highest BCUT2D eigenvalue weighted by Crippen LogP contribution is 2.19. The van der Waals surface area contributed by atoms with Crippen molar-refractivity contribution in [3.63, 3.8) is 0 Å². The molecular weight excluding hydrogens is 285 g/mol. The van der Waals surface area contributed by atoms with Crippen LogP contribution in [0.25, 0.3) is 0 Å². The van der Waals surface area contributed by atoms with Gasteiger partial charge < -0.3 is 0 Å². The Bertz CT molecular complexity index is 592. The number of halogens is 2. The molecule has 0 N–H and O–H groups in total. The number of rotatable bonds is 2. The Labute approximate surface area is 120 Å². The number of hydrogen-bond acceptors (Lipinski definition) is 2. The quantitative estimate of drug-likeness (QED) is 0.787. The molecule has 1 amide bonds. The predicted molar refractivity (Wildman–Crippen MR) is 75.5 cm³/mol. The molecule has 19 heavy (non-hydrogen) atoms. The van der Waals surface area contributed by atoms with Gasteiger partial charge in [0.1, 0.15) is 0 Å². The van der Waals surface area contributed by atoms with E-state index in [4.69, 9.17) is 23.2 Å². The van der Waals surface area contributed by atoms with Gasteiger partial charge in [-0.15, -0.1) is 0 Å². The van der Waals surface area contributed by atoms with Crippen molar-refractivity contribution in [2.75, 3.05) is 0 Å². The fourth-order valence-corrected chi connectivity index (χ4v) is 2.04. The van der Waals surface area contributed by atoms with Crippen LogP contribution in [0.3, 0.4) is 0 Å². The van der Waals surface area contributed by atoms with Gasteiger partial charge in [0, 0.05) is 0 Å². The molecule has 0 aliphatic heterocycles. The van der Waals surface area contributed by atoms with Crippen molar-refractivity contribution in [3.8, 4) is 0 Å². The minimum atomic E-state index is -0.460. The summed E-state index contributed by atoms with van der Waals surface area (Å²) in [4.78, 5) is 26.9. The van der Waals surface area contributed by atoms with Crippen molar-refractivity contribution in [2.24, 2.45) is 4.99 Å². The van der Waals surface area contributed by atoms with Crippen LogP contribution < -0.4 is 0 Å². The summed E-state index contributed by atoms with van der Waals surface area (Å²) in [5.41, 5.74) is 1.16. The molecule has 0 spiro atoms. The number of ketones is 1. The first kappa shape index (κ1) is 13.7. The normalized spacial score (nSPS) is 14.8. The first-order valence-corrected chi connectivity index (χ1v) is 6.26. The Morgan fingerprint density at radius 1 is 1.05 bits per heavy atom. The maximum atomic E-state index is 11.8. The number of nitrogens with zero attached hydrogens (tertiary/aromatic N) is 1. The number of hydrogen-bond donors (Lipinski definition) is 0. The van der Waals surface area contributed by atoms with E-state index in [2.05, 4.69) is 4.99 Å². The minimum Gasteiger partial charge on any atom is -0.287 e. The summed E-state index contributed by atoms with van der Waals surface area (Å²) in [6, 6.07) is 9.25. The molecular formula is C14H9Cl2NO2. The minimum absolute atomic E-state index is 0.0428. The monoisotopic (exact) mass is 293 g/mol. The summed E-state index contributed by atoms with van der Waals surface area (Å²) in [7, 11) is 0. The van der Waals surface area contributed by atoms with E-state index in [0.717, 1.165) is 5.56 Å². The van der Waals surface area contributed by atoms with Gasteiger partial charge in [-0.1, -0.05) is 53.5 Å². The van der Waals surface area contributed by atoms with Gasteiger partial charge in [0.2, 0.25) is 5.78 Å². The summed E-state index contributed by atoms with van der Waals surface area (Å²) in [5, 5.41) is -0.0856. The van der Waals surface area contributed by atoms with E-state index in [1.165, 1.54) is 12.2 Å². The molecule has 0 unspecified atom stereocenters. The van der Waals surface area contributed by atoms with Gasteiger partial charge in [-0.25, -0.2) is 4.99 Å². The third-order valence-corrected chi connectivity index (χ3v) is 3.00. The van der Waals surface area contributed by atoms with Crippen LogP contribution in [0.2, 0.25) is 0 Å². The van der Waals surface area contributed by atoms with Crippen LogP contribution in [0, 0.1) is 0 Å². The van der Waals surface area contributed by atoms with Crippen LogP contribution in [0.4, 0.5) is 0 Å². The fraction of sp³-hybridized carbons (Fsp3) is 0.0714. The van der Waals surface area contributed by atoms with E-state index in [1.54, 1.807) is 0 Å². The van der Waals surface area contributed by atoms with Crippen molar-refractivity contribution in [1.82, 2.24) is 0 Å². The maximum Gasteiger partial charge on any atom is 0.250 e. The Morgan fingerprint density at radius 2 is 1.63 bits per heavy atom. The Balaban J connectivity index is 2.14. The van der Waals surface area contributed by atoms with Crippen LogP contribution >= 0.6 is 23.2 Å². The molecule has 0 heterocycles. The van der Waals surface area contributed by atoms with E-state index in [0.29, 0.717) is 0 Å². The lowest BCUT2D eigenvalue weighted by Gasteiger charge is -2.05. The van der Waals surface area contributed by atoms with Crippen LogP contribution in [0.15, 0.2) is 57.5 Å². The summed E-state index contributed by atoms with van der Waals surface area (Å²) in [5.74, 6) is -0.783. The highest BCUT2D eigenvalue weighted by atomic mass is 35.5. The first-order valence-electron chi connectivity index (χ1n) is 5.51. The van der Waals surface area contributed by atoms with Gasteiger partial charge in [-0.2, -0.15) is 0 Å². The van der Waals surface area contributed by atoms with Crippen LogP contribution in [-0.2, 0) is 16.0 Å². The summed E-state index contributed by atoms with van der Waals surface area (Å²) >= 11 is 11.4. The second kappa shape index (κ2) is 5.95. The van der Waals surface area contributed by atoms with Crippen LogP contribution in [0.5, 0.6) is 0 Å². The largest absolute Gasteiger partial charge is 0.287 e. The fourth-order valence-electron chi connectivity index (χ4n) is 1.57. The van der Waals surface area contributed by atoms with E-state index in [9.17, 15) is 9.59 Å². The highest BCUT2D eigenvalue weighted by Gasteiger charge is 2.18. The number of Topliss-reactive ketones (excluding diaryl/α,β-unsaturated/α-hetero) is 1. The molecule has 96 valence electrons. The average molecular weight is 294 g/mol. The topological polar surface area (TPSA) is 46.5 Å². The summed E-state index contributed by atoms with van der Waals surface area (Å²) < 4.78 is 0. The first-order chi connectivity index (χ1) is 9.06. The number of carbonyl (C=O) groups is 2. The number of carbonyl (C=O) groups excluding carboxylic acids is 2. The zero-order valence-electron chi connectivity index (χ0n) is 9.77. The lowest BCUT2D eigenvalue weighted by atomic mass is 10.1. The molecule has 3 nitrogen and oxygen atoms in total. The van der Waals surface area contributed by atoms with Crippen molar-refractivity contribution < 1.29 is 9.59 Å². The van der Waals surface area contributed by atoms with Crippen molar-refractivity contribution >= 4 is 40.6 Å². The third kappa shape index (κ3) is 3.63. The zero-order chi connectivity index (χ0) is 13.8. The summed E-state index contributed by atoms with van der Waals surface area (Å²) in [6.45, 7) is 0. The van der Waals surface area contributed by atoms with E-state index < -0.39 is 5.78 Å². The standard InChI is InChI=1S/C14H9Cl2NO2/c15-11-7-10(8-12(16)14(11)19)17-13(18)6-9-4-2-1-3-5-9/h1-5,7-8H,6H2. The molecule has 1 aliphatic rings. The Hall–Kier alpha value is -1.71. The smallest absolute Gasteiger partial charge is 0.250 e. The number of aliphatic imine (C=N–C) groups is 1. The molecule has 0 radical (unpaired) electrons. The molecule has 1 aromatic rings. The predicted octanol–water partition coefficient (Wildman–Crippen LogP) is 3.02. The van der Waals surface area contributed by atoms with E-state index >= 15 is 0 Å². The van der Waals surface area contributed by atoms with Gasteiger partial charge >= 0.3 is 0 Å². The molecule has 5 heteroatoms. The Kier molecular flexibility index (Phi) is 4.30. The van der Waals surface area contributed by atoms with Crippen molar-refractivity contribution in [2.45, 2.75) is 6.42 Å². The van der Waals surface area contributed by atoms with Gasteiger partial charge in [0.25, 0.3) is 5.91 Å². The van der Waals surface area contributed by atoms with Crippen molar-refractivity contribution in [1.29, 1.82) is 0 Å². The van der Waals surface area contributed by atoms with Crippen molar-refractivity contribution in [3.05, 3.63) is 58.1 Å². The van der Waals surface area contributed by atoms with Crippen LogP contribution in [0.1, 0.15) is 5.56 Å². The number of amides is 1. The summed E-state index contributed by atoms with van der Waals surface area (Å²) in [6.07, 6.45) is 2.85. The van der Waals surface area contributed by atoms with Gasteiger partial charge in [-0.3, -0.25) is 9.59 Å². The van der Waals surface area contributed by atoms with E-state index in [-0.39, 0.29) is 28.1 Å². The average Bonchev–Trinajstić information content (AvgIpc) is 2.37. The van der Waals surface area contributed by atoms with Gasteiger partial charge in [0.05, 0.1) is 22.2 Å². The lowest BCUT2D eigenvalue weighted by molar-refractivity contribution is -0.117. The second-order valence-corrected chi connectivity index (χ2v) is 4.72. The molecule has 1 aliphatic carbocycles. The number of benzene rings is 1. The molecule has 0 saturated carbocycles. The van der Waals surface area contributed by atoms with Gasteiger partial charge in [0.15, 0.2) is 0 Å². The molecule has 0 saturated heterocycles. The zero-order valence-corrected chi connectivity index (χ0v) is 11.3. The Morgan fingerprint density at radius 3 is 2.21 bits per heavy atom.